The molecule has 4 bridgehead atoms. The molecule has 1 amide bonds. The summed E-state index contributed by atoms with van der Waals surface area (Å²) < 4.78 is 1.45. The Morgan fingerprint density at radius 2 is 1.73 bits per heavy atom. The average Bonchev–Trinajstić information content (AvgIpc) is 2.74. The molecule has 30 heavy (non-hydrogen) atoms. The fourth-order valence-corrected chi connectivity index (χ4v) is 6.08. The van der Waals surface area contributed by atoms with E-state index >= 15 is 0 Å². The highest BCUT2D eigenvalue weighted by atomic mass is 16.2. The van der Waals surface area contributed by atoms with E-state index in [-0.39, 0.29) is 17.2 Å². The van der Waals surface area contributed by atoms with Gasteiger partial charge in [-0.1, -0.05) is 38.0 Å². The summed E-state index contributed by atoms with van der Waals surface area (Å²) in [6.45, 7) is 2.65. The van der Waals surface area contributed by atoms with Crippen LogP contribution >= 0.6 is 0 Å². The van der Waals surface area contributed by atoms with Gasteiger partial charge in [-0.05, 0) is 68.3 Å². The number of aromatic nitrogens is 2. The third-order valence-corrected chi connectivity index (χ3v) is 7.32. The van der Waals surface area contributed by atoms with Gasteiger partial charge in [0.25, 0.3) is 11.5 Å². The molecular weight excluding hydrogens is 376 g/mol. The summed E-state index contributed by atoms with van der Waals surface area (Å²) in [6.07, 6.45) is 9.27. The molecule has 0 unspecified atom stereocenters. The minimum atomic E-state index is -0.322. The van der Waals surface area contributed by atoms with Gasteiger partial charge < -0.3 is 0 Å². The van der Waals surface area contributed by atoms with Crippen molar-refractivity contribution in [3.05, 3.63) is 40.3 Å². The molecule has 1 heterocycles. The van der Waals surface area contributed by atoms with Gasteiger partial charge in [0, 0.05) is 17.6 Å². The first kappa shape index (κ1) is 19.5. The lowest BCUT2D eigenvalue weighted by molar-refractivity contribution is 0.0937. The van der Waals surface area contributed by atoms with Gasteiger partial charge in [-0.25, -0.2) is 10.1 Å². The quantitative estimate of drug-likeness (QED) is 0.579. The Bertz CT molecular complexity index is 1020. The van der Waals surface area contributed by atoms with Gasteiger partial charge in [0.15, 0.2) is 5.69 Å². The number of unbranched alkanes of at least 4 members (excludes halogenated alkanes) is 2. The Morgan fingerprint density at radius 3 is 2.40 bits per heavy atom. The topological polar surface area (TPSA) is 76.3 Å². The second kappa shape index (κ2) is 7.97. The van der Waals surface area contributed by atoms with E-state index in [1.165, 1.54) is 42.5 Å². The highest BCUT2D eigenvalue weighted by Crippen LogP contribution is 2.52. The van der Waals surface area contributed by atoms with Crippen LogP contribution in [-0.2, 0) is 6.54 Å². The highest BCUT2D eigenvalue weighted by Gasteiger charge is 2.46. The van der Waals surface area contributed by atoms with Crippen molar-refractivity contribution >= 4 is 22.4 Å². The number of carbonyl (C=O) groups is 1. The van der Waals surface area contributed by atoms with Crippen molar-refractivity contribution in [2.75, 3.05) is 0 Å². The van der Waals surface area contributed by atoms with Crippen LogP contribution in [0.5, 0.6) is 0 Å². The van der Waals surface area contributed by atoms with Crippen molar-refractivity contribution in [2.45, 2.75) is 64.8 Å². The standard InChI is InChI=1S/C24H30N4O2/c1-2-3-6-9-28-24(30)20-8-5-4-7-19(20)22(27-28)23(29)26-25-21-17-11-15-10-16(13-17)14-18(21)12-15/h4-5,7-8,15-18H,2-3,6,9-14H2,1H3,(H,26,29). The van der Waals surface area contributed by atoms with Crippen LogP contribution in [0.15, 0.2) is 34.2 Å². The van der Waals surface area contributed by atoms with Gasteiger partial charge in [0.1, 0.15) is 0 Å². The molecule has 0 radical (unpaired) electrons. The van der Waals surface area contributed by atoms with Gasteiger partial charge in [-0.15, -0.1) is 0 Å². The summed E-state index contributed by atoms with van der Waals surface area (Å²) in [5.41, 5.74) is 4.15. The van der Waals surface area contributed by atoms with Gasteiger partial charge in [-0.2, -0.15) is 10.2 Å². The van der Waals surface area contributed by atoms with E-state index in [1.807, 2.05) is 12.1 Å². The Labute approximate surface area is 176 Å². The SMILES string of the molecule is CCCCCn1nc(C(=O)NN=C2C3CC4CC(C3)CC2C4)c2ccccc2c1=O. The molecule has 0 saturated heterocycles. The minimum absolute atomic E-state index is 0.134. The van der Waals surface area contributed by atoms with Crippen molar-refractivity contribution in [2.24, 2.45) is 28.8 Å². The van der Waals surface area contributed by atoms with E-state index in [0.29, 0.717) is 29.2 Å². The van der Waals surface area contributed by atoms with Gasteiger partial charge in [0.2, 0.25) is 0 Å². The van der Waals surface area contributed by atoms with Crippen LogP contribution in [0.3, 0.4) is 0 Å². The number of nitrogens with one attached hydrogen (secondary N) is 1. The molecule has 0 atom stereocenters. The zero-order chi connectivity index (χ0) is 20.7. The lowest BCUT2D eigenvalue weighted by atomic mass is 9.55. The largest absolute Gasteiger partial charge is 0.292 e. The molecule has 1 N–H and O–H groups in total. The van der Waals surface area contributed by atoms with E-state index in [1.54, 1.807) is 12.1 Å². The Hall–Kier alpha value is -2.50. The fourth-order valence-electron chi connectivity index (χ4n) is 6.08. The third-order valence-electron chi connectivity index (χ3n) is 7.32. The molecule has 6 rings (SSSR count). The smallest absolute Gasteiger partial charge is 0.267 e. The summed E-state index contributed by atoms with van der Waals surface area (Å²) in [6, 6.07) is 7.24. The highest BCUT2D eigenvalue weighted by molar-refractivity contribution is 6.05. The van der Waals surface area contributed by atoms with Crippen molar-refractivity contribution in [1.82, 2.24) is 15.2 Å². The van der Waals surface area contributed by atoms with Crippen LogP contribution in [0.4, 0.5) is 0 Å². The Morgan fingerprint density at radius 1 is 1.07 bits per heavy atom. The second-order valence-corrected chi connectivity index (χ2v) is 9.41. The third kappa shape index (κ3) is 3.46. The minimum Gasteiger partial charge on any atom is -0.267 e. The average molecular weight is 407 g/mol. The number of hydrazone groups is 1. The van der Waals surface area contributed by atoms with E-state index < -0.39 is 0 Å². The molecular formula is C24H30N4O2. The summed E-state index contributed by atoms with van der Waals surface area (Å²) in [7, 11) is 0. The van der Waals surface area contributed by atoms with Crippen LogP contribution in [0, 0.1) is 23.7 Å². The molecule has 6 nitrogen and oxygen atoms in total. The van der Waals surface area contributed by atoms with Crippen molar-refractivity contribution < 1.29 is 4.79 Å². The molecule has 0 aliphatic heterocycles. The molecule has 2 aromatic rings. The molecule has 1 aromatic carbocycles. The van der Waals surface area contributed by atoms with Crippen LogP contribution in [0.1, 0.15) is 68.8 Å². The zero-order valence-electron chi connectivity index (χ0n) is 17.6. The molecule has 0 spiro atoms. The normalized spacial score (nSPS) is 26.9. The van der Waals surface area contributed by atoms with Crippen molar-refractivity contribution in [3.8, 4) is 0 Å². The van der Waals surface area contributed by atoms with Crippen LogP contribution < -0.4 is 11.0 Å². The first-order chi connectivity index (χ1) is 14.6. The van der Waals surface area contributed by atoms with E-state index in [2.05, 4.69) is 22.5 Å². The molecule has 4 saturated carbocycles. The number of carbonyl (C=O) groups excluding carboxylic acids is 1. The number of amides is 1. The van der Waals surface area contributed by atoms with Crippen LogP contribution in [0.25, 0.3) is 10.8 Å². The van der Waals surface area contributed by atoms with Crippen molar-refractivity contribution in [1.29, 1.82) is 0 Å². The van der Waals surface area contributed by atoms with Gasteiger partial charge in [-0.3, -0.25) is 9.59 Å². The summed E-state index contributed by atoms with van der Waals surface area (Å²) in [4.78, 5) is 25.9. The van der Waals surface area contributed by atoms with Gasteiger partial charge >= 0.3 is 0 Å². The molecule has 4 fully saturated rings. The second-order valence-electron chi connectivity index (χ2n) is 9.41. The summed E-state index contributed by atoms with van der Waals surface area (Å²) in [5, 5.41) is 10.2. The predicted octanol–water partition coefficient (Wildman–Crippen LogP) is 4.13. The number of rotatable bonds is 6. The van der Waals surface area contributed by atoms with Crippen LogP contribution in [-0.4, -0.2) is 21.4 Å². The number of fused-ring (bicyclic) bond motifs is 1. The first-order valence-electron chi connectivity index (χ1n) is 11.5. The zero-order valence-corrected chi connectivity index (χ0v) is 17.6. The number of hydrogen-bond acceptors (Lipinski definition) is 4. The Kier molecular flexibility index (Phi) is 5.17. The molecule has 4 aliphatic rings. The molecule has 158 valence electrons. The van der Waals surface area contributed by atoms with E-state index in [9.17, 15) is 9.59 Å². The predicted molar refractivity (Wildman–Crippen MR) is 117 cm³/mol. The number of hydrogen-bond donors (Lipinski definition) is 1. The molecule has 6 heteroatoms. The number of aryl methyl sites for hydroxylation is 1. The van der Waals surface area contributed by atoms with E-state index in [0.717, 1.165) is 31.1 Å². The maximum absolute atomic E-state index is 13.1. The van der Waals surface area contributed by atoms with Gasteiger partial charge in [0.05, 0.1) is 5.39 Å². The van der Waals surface area contributed by atoms with E-state index in [4.69, 9.17) is 0 Å². The monoisotopic (exact) mass is 406 g/mol. The Balaban J connectivity index is 1.43. The lowest BCUT2D eigenvalue weighted by Gasteiger charge is -2.50. The number of nitrogens with zero attached hydrogens (tertiary/aromatic N) is 3. The summed E-state index contributed by atoms with van der Waals surface area (Å²) >= 11 is 0. The molecule has 4 aliphatic carbocycles. The lowest BCUT2D eigenvalue weighted by Crippen LogP contribution is -2.46. The van der Waals surface area contributed by atoms with Crippen molar-refractivity contribution in [3.63, 3.8) is 0 Å². The summed E-state index contributed by atoms with van der Waals surface area (Å²) in [5.74, 6) is 2.47. The maximum atomic E-state index is 13.1. The van der Waals surface area contributed by atoms with Crippen LogP contribution in [0.2, 0.25) is 0 Å². The first-order valence-corrected chi connectivity index (χ1v) is 11.5. The maximum Gasteiger partial charge on any atom is 0.292 e. The molecule has 1 aromatic heterocycles. The fraction of sp³-hybridized carbons (Fsp3) is 0.583. The number of benzene rings is 1.